The third kappa shape index (κ3) is 1.88. The Morgan fingerprint density at radius 1 is 1.07 bits per heavy atom. The van der Waals surface area contributed by atoms with Gasteiger partial charge in [-0.15, -0.1) is 0 Å². The van der Waals surface area contributed by atoms with Gasteiger partial charge in [0.2, 0.25) is 0 Å². The van der Waals surface area contributed by atoms with E-state index in [2.05, 4.69) is 5.32 Å². The lowest BCUT2D eigenvalue weighted by atomic mass is 9.43. The van der Waals surface area contributed by atoms with Gasteiger partial charge in [0.25, 0.3) is 0 Å². The van der Waals surface area contributed by atoms with E-state index in [4.69, 9.17) is 14.2 Å². The van der Waals surface area contributed by atoms with Crippen molar-refractivity contribution in [2.75, 3.05) is 34.5 Å². The molecule has 0 aromatic heterocycles. The van der Waals surface area contributed by atoms with Crippen LogP contribution in [-0.4, -0.2) is 85.9 Å². The number of aliphatic hydroxyl groups excluding tert-OH is 2. The minimum absolute atomic E-state index is 0.00876. The summed E-state index contributed by atoms with van der Waals surface area (Å²) in [5.41, 5.74) is -1.57. The Balaban J connectivity index is 1.58. The zero-order valence-corrected chi connectivity index (χ0v) is 17.6. The van der Waals surface area contributed by atoms with Crippen LogP contribution in [0, 0.1) is 40.4 Å². The second kappa shape index (κ2) is 5.94. The molecule has 1 saturated heterocycles. The topological polar surface area (TPSA) is 100 Å². The van der Waals surface area contributed by atoms with Gasteiger partial charge in [0.1, 0.15) is 0 Å². The minimum Gasteiger partial charge on any atom is -0.392 e. The third-order valence-corrected chi connectivity index (χ3v) is 10.5. The highest BCUT2D eigenvalue weighted by Crippen LogP contribution is 2.77. The normalized spacial score (nSPS) is 64.3. The lowest BCUT2D eigenvalue weighted by Gasteiger charge is -2.66. The summed E-state index contributed by atoms with van der Waals surface area (Å²) in [6.07, 6.45) is 1.80. The highest BCUT2D eigenvalue weighted by atomic mass is 16.5. The number of aliphatic hydroxyl groups is 3. The first kappa shape index (κ1) is 19.4. The van der Waals surface area contributed by atoms with Gasteiger partial charge in [-0.25, -0.2) is 0 Å². The van der Waals surface area contributed by atoms with Crippen LogP contribution in [0.15, 0.2) is 0 Å². The van der Waals surface area contributed by atoms with Crippen molar-refractivity contribution in [3.8, 4) is 0 Å². The Kier molecular flexibility index (Phi) is 3.98. The Labute approximate surface area is 172 Å². The molecular weight excluding hydrogens is 374 g/mol. The van der Waals surface area contributed by atoms with E-state index in [1.165, 1.54) is 0 Å². The maximum Gasteiger partial charge on any atom is 0.0796 e. The number of hydrogen-bond acceptors (Lipinski definition) is 7. The predicted molar refractivity (Wildman–Crippen MR) is 103 cm³/mol. The van der Waals surface area contributed by atoms with E-state index in [0.717, 1.165) is 25.8 Å². The molecule has 0 amide bonds. The fourth-order valence-electron chi connectivity index (χ4n) is 10.1. The number of methoxy groups -OCH3 is 3. The molecule has 5 saturated carbocycles. The first-order valence-electron chi connectivity index (χ1n) is 11.3. The van der Waals surface area contributed by atoms with Crippen LogP contribution >= 0.6 is 0 Å². The van der Waals surface area contributed by atoms with Gasteiger partial charge in [-0.2, -0.15) is 0 Å². The maximum atomic E-state index is 12.1. The third-order valence-electron chi connectivity index (χ3n) is 10.5. The number of fused-ring (bicyclic) bond motifs is 2. The number of ether oxygens (including phenoxy) is 3. The molecule has 1 aliphatic heterocycles. The molecule has 6 aliphatic rings. The molecule has 6 fully saturated rings. The van der Waals surface area contributed by atoms with Crippen LogP contribution in [0.3, 0.4) is 0 Å². The van der Waals surface area contributed by atoms with Crippen molar-refractivity contribution < 1.29 is 29.5 Å². The zero-order valence-electron chi connectivity index (χ0n) is 17.6. The molecular formula is C22H35NO6. The van der Waals surface area contributed by atoms with Gasteiger partial charge in [0, 0.05) is 74.8 Å². The molecule has 4 N–H and O–H groups in total. The molecule has 13 unspecified atom stereocenters. The Morgan fingerprint density at radius 2 is 1.86 bits per heavy atom. The largest absolute Gasteiger partial charge is 0.392 e. The second-order valence-corrected chi connectivity index (χ2v) is 10.9. The number of hydrogen-bond donors (Lipinski definition) is 4. The van der Waals surface area contributed by atoms with Crippen LogP contribution in [0.2, 0.25) is 0 Å². The Bertz CT molecular complexity index is 707. The van der Waals surface area contributed by atoms with E-state index in [9.17, 15) is 15.3 Å². The number of rotatable bonds is 4. The molecule has 1 spiro atoms. The van der Waals surface area contributed by atoms with Crippen LogP contribution in [0.5, 0.6) is 0 Å². The second-order valence-electron chi connectivity index (χ2n) is 10.9. The molecule has 13 atom stereocenters. The minimum atomic E-state index is -1.13. The maximum absolute atomic E-state index is 12.1. The van der Waals surface area contributed by atoms with Crippen molar-refractivity contribution in [1.29, 1.82) is 0 Å². The van der Waals surface area contributed by atoms with Gasteiger partial charge in [-0.3, -0.25) is 0 Å². The fourth-order valence-corrected chi connectivity index (χ4v) is 10.1. The van der Waals surface area contributed by atoms with Gasteiger partial charge in [0.05, 0.1) is 36.6 Å². The zero-order chi connectivity index (χ0) is 20.3. The van der Waals surface area contributed by atoms with Gasteiger partial charge in [0.15, 0.2) is 0 Å². The summed E-state index contributed by atoms with van der Waals surface area (Å²) >= 11 is 0. The molecule has 7 nitrogen and oxygen atoms in total. The fraction of sp³-hybridized carbons (Fsp3) is 1.00. The summed E-state index contributed by atoms with van der Waals surface area (Å²) in [5, 5.41) is 39.1. The molecule has 6 rings (SSSR count). The van der Waals surface area contributed by atoms with Gasteiger partial charge in [-0.05, 0) is 25.2 Å². The average molecular weight is 410 g/mol. The quantitative estimate of drug-likeness (QED) is 0.509. The van der Waals surface area contributed by atoms with E-state index in [1.54, 1.807) is 21.3 Å². The van der Waals surface area contributed by atoms with Gasteiger partial charge < -0.3 is 34.8 Å². The van der Waals surface area contributed by atoms with E-state index >= 15 is 0 Å². The molecule has 7 heteroatoms. The molecule has 7 bridgehead atoms. The summed E-state index contributed by atoms with van der Waals surface area (Å²) in [4.78, 5) is 0. The van der Waals surface area contributed by atoms with E-state index < -0.39 is 17.8 Å². The van der Waals surface area contributed by atoms with Crippen LogP contribution in [-0.2, 0) is 14.2 Å². The van der Waals surface area contributed by atoms with Crippen LogP contribution in [0.4, 0.5) is 0 Å². The highest BCUT2D eigenvalue weighted by Gasteiger charge is 2.85. The van der Waals surface area contributed by atoms with Crippen LogP contribution in [0.25, 0.3) is 0 Å². The van der Waals surface area contributed by atoms with Crippen molar-refractivity contribution in [1.82, 2.24) is 5.32 Å². The monoisotopic (exact) mass is 409 g/mol. The molecule has 5 aliphatic carbocycles. The van der Waals surface area contributed by atoms with E-state index in [0.29, 0.717) is 13.0 Å². The SMILES string of the molecule is COCC12CCC(OC)C34C5CC6C(OC)CC(O)(C5C6O)C(C(O)C13)C4NC2. The standard InChI is InChI=1S/C22H35NO6/c1-27-9-20-5-4-13(29-3)22-11-6-10-12(28-2)7-21(26,14(11)16(10)24)15(17(25)18(20)22)19(22)23-8-20/h10-19,23-26H,4-9H2,1-3H3. The lowest BCUT2D eigenvalue weighted by molar-refractivity contribution is -0.250. The lowest BCUT2D eigenvalue weighted by Crippen LogP contribution is -2.76. The summed E-state index contributed by atoms with van der Waals surface area (Å²) < 4.78 is 17.6. The molecule has 1 heterocycles. The van der Waals surface area contributed by atoms with Crippen molar-refractivity contribution in [3.63, 3.8) is 0 Å². The van der Waals surface area contributed by atoms with Crippen molar-refractivity contribution in [2.24, 2.45) is 40.4 Å². The smallest absolute Gasteiger partial charge is 0.0796 e. The van der Waals surface area contributed by atoms with E-state index in [-0.39, 0.29) is 58.7 Å². The highest BCUT2D eigenvalue weighted by molar-refractivity contribution is 5.35. The molecule has 164 valence electrons. The van der Waals surface area contributed by atoms with E-state index in [1.807, 2.05) is 0 Å². The summed E-state index contributed by atoms with van der Waals surface area (Å²) in [6.45, 7) is 1.40. The number of piperidine rings is 1. The summed E-state index contributed by atoms with van der Waals surface area (Å²) in [6, 6.07) is -0.00876. The first-order valence-corrected chi connectivity index (χ1v) is 11.3. The summed E-state index contributed by atoms with van der Waals surface area (Å²) in [7, 11) is 5.20. The van der Waals surface area contributed by atoms with Crippen molar-refractivity contribution in [2.45, 2.75) is 61.7 Å². The first-order chi connectivity index (χ1) is 13.9. The average Bonchev–Trinajstić information content (AvgIpc) is 3.06. The Morgan fingerprint density at radius 3 is 2.55 bits per heavy atom. The van der Waals surface area contributed by atoms with Crippen LogP contribution in [0.1, 0.15) is 25.7 Å². The molecule has 0 aromatic carbocycles. The van der Waals surface area contributed by atoms with Gasteiger partial charge in [-0.1, -0.05) is 0 Å². The summed E-state index contributed by atoms with van der Waals surface area (Å²) in [5.74, 6) is -0.398. The Hall–Kier alpha value is -0.280. The molecule has 0 aromatic rings. The van der Waals surface area contributed by atoms with Gasteiger partial charge >= 0.3 is 0 Å². The molecule has 0 radical (unpaired) electrons. The number of nitrogens with one attached hydrogen (secondary N) is 1. The van der Waals surface area contributed by atoms with Crippen molar-refractivity contribution in [3.05, 3.63) is 0 Å². The van der Waals surface area contributed by atoms with Crippen molar-refractivity contribution >= 4 is 0 Å². The van der Waals surface area contributed by atoms with Crippen LogP contribution < -0.4 is 5.32 Å². The predicted octanol–water partition coefficient (Wildman–Crippen LogP) is -0.230. The molecule has 29 heavy (non-hydrogen) atoms.